The van der Waals surface area contributed by atoms with Crippen molar-refractivity contribution in [3.05, 3.63) is 192 Å². The standard InChI is InChI=1S/C52H58O12/c1-4-30-58-51-48(59-33-39-24-14-7-15-25-39)47(55-3)45(43(61-51)36-57-32-38-22-12-6-13-23-38)64-52-49(60-34-40-26-16-8-17-27-40)46(54-2)44(63-50(53)41-28-18-9-19-29-41)42(62-52)35-56-31-37-20-10-5-11-21-37/h4-29,42-49,51-52H,1,30-36H2,2-3H3/t42-,43-,44-,45-,46+,47+,48+,49+,51+,52-/m1/s1. The van der Waals surface area contributed by atoms with Crippen LogP contribution in [-0.4, -0.2) is 101 Å². The van der Waals surface area contributed by atoms with Crippen LogP contribution in [0.4, 0.5) is 0 Å². The maximum Gasteiger partial charge on any atom is 0.338 e. The van der Waals surface area contributed by atoms with Crippen LogP contribution in [0.25, 0.3) is 0 Å². The number of esters is 1. The van der Waals surface area contributed by atoms with Crippen LogP contribution in [0, 0.1) is 0 Å². The molecule has 2 aliphatic rings. The van der Waals surface area contributed by atoms with E-state index in [4.69, 9.17) is 52.1 Å². The number of rotatable bonds is 23. The summed E-state index contributed by atoms with van der Waals surface area (Å²) in [6, 6.07) is 48.0. The lowest BCUT2D eigenvalue weighted by Gasteiger charge is -2.49. The van der Waals surface area contributed by atoms with Gasteiger partial charge in [-0.2, -0.15) is 0 Å². The monoisotopic (exact) mass is 874 g/mol. The first-order valence-electron chi connectivity index (χ1n) is 21.6. The van der Waals surface area contributed by atoms with Gasteiger partial charge in [0.1, 0.15) is 42.7 Å². The molecular weight excluding hydrogens is 817 g/mol. The zero-order chi connectivity index (χ0) is 44.4. The summed E-state index contributed by atoms with van der Waals surface area (Å²) < 4.78 is 71.9. The van der Waals surface area contributed by atoms with E-state index in [0.29, 0.717) is 12.2 Å². The van der Waals surface area contributed by atoms with Gasteiger partial charge in [0, 0.05) is 14.2 Å². The summed E-state index contributed by atoms with van der Waals surface area (Å²) in [6.45, 7) is 5.19. The molecule has 0 aliphatic carbocycles. The number of hydrogen-bond acceptors (Lipinski definition) is 12. The molecule has 12 nitrogen and oxygen atoms in total. The minimum Gasteiger partial charge on any atom is -0.453 e. The molecule has 5 aromatic carbocycles. The lowest BCUT2D eigenvalue weighted by molar-refractivity contribution is -0.370. The zero-order valence-corrected chi connectivity index (χ0v) is 36.3. The van der Waals surface area contributed by atoms with Crippen LogP contribution in [0.1, 0.15) is 32.6 Å². The second-order valence-corrected chi connectivity index (χ2v) is 15.5. The van der Waals surface area contributed by atoms with Crippen molar-refractivity contribution in [3.8, 4) is 0 Å². The third-order valence-corrected chi connectivity index (χ3v) is 11.0. The van der Waals surface area contributed by atoms with E-state index in [2.05, 4.69) is 6.58 Å². The van der Waals surface area contributed by atoms with Crippen LogP contribution < -0.4 is 0 Å². The number of ether oxygens (including phenoxy) is 11. The quantitative estimate of drug-likeness (QED) is 0.0470. The van der Waals surface area contributed by atoms with Crippen molar-refractivity contribution in [1.82, 2.24) is 0 Å². The van der Waals surface area contributed by atoms with Gasteiger partial charge >= 0.3 is 5.97 Å². The fourth-order valence-corrected chi connectivity index (χ4v) is 7.82. The van der Waals surface area contributed by atoms with Gasteiger partial charge in [-0.05, 0) is 34.4 Å². The number of benzene rings is 5. The summed E-state index contributed by atoms with van der Waals surface area (Å²) in [6.07, 6.45) is -7.30. The van der Waals surface area contributed by atoms with E-state index in [1.54, 1.807) is 44.6 Å². The van der Waals surface area contributed by atoms with E-state index in [9.17, 15) is 4.79 Å². The highest BCUT2D eigenvalue weighted by Crippen LogP contribution is 2.36. The fourth-order valence-electron chi connectivity index (χ4n) is 7.82. The van der Waals surface area contributed by atoms with Gasteiger partial charge in [0.05, 0.1) is 51.8 Å². The summed E-state index contributed by atoms with van der Waals surface area (Å²) in [4.78, 5) is 13.8. The second-order valence-electron chi connectivity index (χ2n) is 15.5. The lowest BCUT2D eigenvalue weighted by atomic mass is 9.96. The first kappa shape index (κ1) is 46.9. The molecule has 2 heterocycles. The van der Waals surface area contributed by atoms with E-state index in [0.717, 1.165) is 22.3 Å². The third-order valence-electron chi connectivity index (χ3n) is 11.0. The Labute approximate surface area is 375 Å². The molecule has 0 aromatic heterocycles. The topological polar surface area (TPSA) is 119 Å². The summed E-state index contributed by atoms with van der Waals surface area (Å²) in [5.74, 6) is -0.551. The minimum atomic E-state index is -1.14. The van der Waals surface area contributed by atoms with Crippen LogP contribution in [0.5, 0.6) is 0 Å². The molecule has 0 amide bonds. The molecule has 7 rings (SSSR count). The van der Waals surface area contributed by atoms with Gasteiger partial charge in [-0.15, -0.1) is 6.58 Å². The van der Waals surface area contributed by atoms with Gasteiger partial charge in [-0.3, -0.25) is 0 Å². The fraction of sp³-hybridized carbons (Fsp3) is 0.365. The Balaban J connectivity index is 1.23. The van der Waals surface area contributed by atoms with Crippen LogP contribution in [0.2, 0.25) is 0 Å². The molecule has 2 aliphatic heterocycles. The molecule has 0 radical (unpaired) electrons. The lowest BCUT2D eigenvalue weighted by Crippen LogP contribution is -2.66. The maximum absolute atomic E-state index is 13.8. The maximum atomic E-state index is 13.8. The molecular formula is C52H58O12. The predicted molar refractivity (Wildman–Crippen MR) is 238 cm³/mol. The number of methoxy groups -OCH3 is 2. The van der Waals surface area contributed by atoms with E-state index < -0.39 is 67.4 Å². The van der Waals surface area contributed by atoms with Gasteiger partial charge in [0.25, 0.3) is 0 Å². The Kier molecular flexibility index (Phi) is 18.2. The van der Waals surface area contributed by atoms with Crippen molar-refractivity contribution in [3.63, 3.8) is 0 Å². The van der Waals surface area contributed by atoms with Crippen LogP contribution >= 0.6 is 0 Å². The van der Waals surface area contributed by atoms with Crippen molar-refractivity contribution < 1.29 is 56.9 Å². The highest BCUT2D eigenvalue weighted by molar-refractivity contribution is 5.89. The number of carbonyl (C=O) groups excluding carboxylic acids is 1. The predicted octanol–water partition coefficient (Wildman–Crippen LogP) is 7.88. The van der Waals surface area contributed by atoms with E-state index in [-0.39, 0.29) is 39.6 Å². The molecule has 10 atom stereocenters. The summed E-state index contributed by atoms with van der Waals surface area (Å²) in [5.41, 5.74) is 4.18. The van der Waals surface area contributed by atoms with Gasteiger partial charge in [-0.1, -0.05) is 146 Å². The van der Waals surface area contributed by atoms with Crippen molar-refractivity contribution in [2.75, 3.05) is 34.0 Å². The molecule has 0 bridgehead atoms. The van der Waals surface area contributed by atoms with E-state index >= 15 is 0 Å². The Morgan fingerprint density at radius 1 is 0.500 bits per heavy atom. The van der Waals surface area contributed by atoms with Gasteiger partial charge in [-0.25, -0.2) is 4.79 Å². The van der Waals surface area contributed by atoms with Gasteiger partial charge in [0.15, 0.2) is 18.7 Å². The molecule has 2 saturated heterocycles. The largest absolute Gasteiger partial charge is 0.453 e. The first-order valence-corrected chi connectivity index (χ1v) is 21.6. The highest BCUT2D eigenvalue weighted by Gasteiger charge is 2.55. The zero-order valence-electron chi connectivity index (χ0n) is 36.3. The van der Waals surface area contributed by atoms with Crippen molar-refractivity contribution in [1.29, 1.82) is 0 Å². The molecule has 0 unspecified atom stereocenters. The van der Waals surface area contributed by atoms with E-state index in [1.165, 1.54) is 0 Å². The van der Waals surface area contributed by atoms with Gasteiger partial charge < -0.3 is 52.1 Å². The van der Waals surface area contributed by atoms with Crippen LogP contribution in [0.3, 0.4) is 0 Å². The Morgan fingerprint density at radius 3 is 1.38 bits per heavy atom. The second kappa shape index (κ2) is 24.8. The molecule has 2 fully saturated rings. The molecule has 64 heavy (non-hydrogen) atoms. The summed E-state index contributed by atoms with van der Waals surface area (Å²) in [5, 5.41) is 0. The Morgan fingerprint density at radius 2 is 0.906 bits per heavy atom. The average molecular weight is 875 g/mol. The SMILES string of the molecule is C=CCO[C@H]1O[C@H](COCc2ccccc2)[C@@H](O[C@H]2O[C@H](COCc3ccccc3)[C@@H](OC(=O)c3ccccc3)[C@H](OC)[C@@H]2OCc2ccccc2)[C@H](OC)[C@@H]1OCc1ccccc1. The Hall–Kier alpha value is -5.09. The van der Waals surface area contributed by atoms with Crippen LogP contribution in [0.15, 0.2) is 164 Å². The van der Waals surface area contributed by atoms with Crippen molar-refractivity contribution >= 4 is 5.97 Å². The number of carbonyl (C=O) groups is 1. The summed E-state index contributed by atoms with van der Waals surface area (Å²) in [7, 11) is 3.15. The first-order chi connectivity index (χ1) is 31.5. The van der Waals surface area contributed by atoms with Gasteiger partial charge in [0.2, 0.25) is 0 Å². The van der Waals surface area contributed by atoms with Crippen LogP contribution in [-0.2, 0) is 78.5 Å². The molecule has 0 spiro atoms. The minimum absolute atomic E-state index is 0.0194. The highest BCUT2D eigenvalue weighted by atomic mass is 16.8. The molecule has 5 aromatic rings. The average Bonchev–Trinajstić information content (AvgIpc) is 3.34. The number of hydrogen-bond donors (Lipinski definition) is 0. The van der Waals surface area contributed by atoms with Crippen molar-refractivity contribution in [2.24, 2.45) is 0 Å². The smallest absolute Gasteiger partial charge is 0.338 e. The van der Waals surface area contributed by atoms with E-state index in [1.807, 2.05) is 127 Å². The normalized spacial score (nSPS) is 25.7. The molecule has 338 valence electrons. The third kappa shape index (κ3) is 13.0. The molecule has 0 saturated carbocycles. The van der Waals surface area contributed by atoms with Crippen molar-refractivity contribution in [2.45, 2.75) is 87.8 Å². The molecule has 12 heteroatoms. The Bertz CT molecular complexity index is 2080. The summed E-state index contributed by atoms with van der Waals surface area (Å²) >= 11 is 0. The molecule has 0 N–H and O–H groups in total.